The molecule has 1 aliphatic carbocycles. The van der Waals surface area contributed by atoms with Crippen LogP contribution in [0, 0.1) is 0 Å². The van der Waals surface area contributed by atoms with Crippen LogP contribution < -0.4 is 15.0 Å². The molecule has 4 rings (SSSR count). The first-order valence-electron chi connectivity index (χ1n) is 9.91. The van der Waals surface area contributed by atoms with E-state index < -0.39 is 6.10 Å². The summed E-state index contributed by atoms with van der Waals surface area (Å²) in [4.78, 5) is 25.6. The molecule has 7 heteroatoms. The molecule has 1 saturated heterocycles. The third-order valence-electron chi connectivity index (χ3n) is 5.27. The zero-order valence-electron chi connectivity index (χ0n) is 16.0. The summed E-state index contributed by atoms with van der Waals surface area (Å²) in [6.07, 6.45) is 2.76. The monoisotopic (exact) mass is 396 g/mol. The first kappa shape index (κ1) is 19.3. The summed E-state index contributed by atoms with van der Waals surface area (Å²) >= 11 is 0. The topological polar surface area (TPSA) is 88.1 Å². The highest BCUT2D eigenvalue weighted by Crippen LogP contribution is 2.25. The van der Waals surface area contributed by atoms with Crippen LogP contribution in [-0.4, -0.2) is 42.5 Å². The van der Waals surface area contributed by atoms with Crippen molar-refractivity contribution in [1.82, 2.24) is 0 Å². The predicted molar refractivity (Wildman–Crippen MR) is 108 cm³/mol. The number of hydrogen-bond donors (Lipinski definition) is 2. The number of carbonyl (C=O) groups is 2. The van der Waals surface area contributed by atoms with Gasteiger partial charge >= 0.3 is 6.09 Å². The van der Waals surface area contributed by atoms with Gasteiger partial charge in [-0.3, -0.25) is 9.69 Å². The van der Waals surface area contributed by atoms with Crippen molar-refractivity contribution in [1.29, 1.82) is 0 Å². The first-order valence-corrected chi connectivity index (χ1v) is 9.91. The van der Waals surface area contributed by atoms with Gasteiger partial charge in [-0.2, -0.15) is 0 Å². The second-order valence-electron chi connectivity index (χ2n) is 7.30. The third-order valence-corrected chi connectivity index (χ3v) is 5.27. The number of nitrogens with zero attached hydrogens (tertiary/aromatic N) is 1. The normalized spacial score (nSPS) is 21.6. The van der Waals surface area contributed by atoms with Crippen LogP contribution in [0.4, 0.5) is 16.2 Å². The lowest BCUT2D eigenvalue weighted by Gasteiger charge is -2.28. The highest BCUT2D eigenvalue weighted by Gasteiger charge is 2.25. The summed E-state index contributed by atoms with van der Waals surface area (Å²) in [5.41, 5.74) is 1.85. The number of rotatable bonds is 5. The van der Waals surface area contributed by atoms with Crippen LogP contribution in [0.5, 0.6) is 5.75 Å². The fourth-order valence-electron chi connectivity index (χ4n) is 3.63. The summed E-state index contributed by atoms with van der Waals surface area (Å²) in [5, 5.41) is 12.9. The van der Waals surface area contributed by atoms with Gasteiger partial charge in [0.1, 0.15) is 18.5 Å². The van der Waals surface area contributed by atoms with E-state index in [2.05, 4.69) is 5.32 Å². The Morgan fingerprint density at radius 1 is 1.07 bits per heavy atom. The fourth-order valence-corrected chi connectivity index (χ4v) is 3.63. The first-order chi connectivity index (χ1) is 14.1. The van der Waals surface area contributed by atoms with E-state index in [9.17, 15) is 14.7 Å². The van der Waals surface area contributed by atoms with Crippen LogP contribution in [0.15, 0.2) is 48.5 Å². The molecule has 0 aromatic heterocycles. The number of hydrogen-bond acceptors (Lipinski definition) is 5. The lowest BCUT2D eigenvalue weighted by atomic mass is 9.95. The van der Waals surface area contributed by atoms with Crippen LogP contribution in [0.3, 0.4) is 0 Å². The summed E-state index contributed by atoms with van der Waals surface area (Å²) in [6, 6.07) is 13.9. The Labute approximate surface area is 169 Å². The highest BCUT2D eigenvalue weighted by molar-refractivity contribution is 6.04. The van der Waals surface area contributed by atoms with Gasteiger partial charge in [0.25, 0.3) is 5.91 Å². The number of amides is 2. The van der Waals surface area contributed by atoms with E-state index in [1.807, 2.05) is 0 Å². The average molecular weight is 396 g/mol. The van der Waals surface area contributed by atoms with Crippen LogP contribution >= 0.6 is 0 Å². The SMILES string of the molecule is O=C(Nc1ccc(O[C@H]2CCCC[C@H]2O)cc1)c1ccc(N2CCOC2=O)cc1. The Bertz CT molecular complexity index is 866. The molecule has 1 saturated carbocycles. The third kappa shape index (κ3) is 4.51. The van der Waals surface area contributed by atoms with Crippen molar-refractivity contribution < 1.29 is 24.2 Å². The predicted octanol–water partition coefficient (Wildman–Crippen LogP) is 3.58. The molecule has 2 aromatic carbocycles. The van der Waals surface area contributed by atoms with Gasteiger partial charge in [0.05, 0.1) is 12.6 Å². The van der Waals surface area contributed by atoms with E-state index in [1.165, 1.54) is 4.90 Å². The van der Waals surface area contributed by atoms with E-state index in [-0.39, 0.29) is 18.1 Å². The van der Waals surface area contributed by atoms with E-state index in [4.69, 9.17) is 9.47 Å². The maximum absolute atomic E-state index is 12.5. The van der Waals surface area contributed by atoms with E-state index in [0.29, 0.717) is 35.8 Å². The van der Waals surface area contributed by atoms with Gasteiger partial charge in [0.15, 0.2) is 0 Å². The van der Waals surface area contributed by atoms with E-state index in [1.54, 1.807) is 48.5 Å². The molecule has 2 aromatic rings. The zero-order valence-corrected chi connectivity index (χ0v) is 16.0. The van der Waals surface area contributed by atoms with Gasteiger partial charge in [-0.05, 0) is 67.8 Å². The molecule has 29 heavy (non-hydrogen) atoms. The lowest BCUT2D eigenvalue weighted by molar-refractivity contribution is 0.00688. The minimum absolute atomic E-state index is 0.171. The van der Waals surface area contributed by atoms with Crippen molar-refractivity contribution in [2.45, 2.75) is 37.9 Å². The van der Waals surface area contributed by atoms with Gasteiger partial charge < -0.3 is 19.9 Å². The van der Waals surface area contributed by atoms with Crippen LogP contribution in [0.1, 0.15) is 36.0 Å². The molecule has 0 radical (unpaired) electrons. The molecule has 7 nitrogen and oxygen atoms in total. The molecule has 2 atom stereocenters. The number of aliphatic hydroxyl groups is 1. The van der Waals surface area contributed by atoms with Gasteiger partial charge in [0.2, 0.25) is 0 Å². The smallest absolute Gasteiger partial charge is 0.414 e. The van der Waals surface area contributed by atoms with E-state index in [0.717, 1.165) is 25.7 Å². The second-order valence-corrected chi connectivity index (χ2v) is 7.30. The Hall–Kier alpha value is -3.06. The quantitative estimate of drug-likeness (QED) is 0.807. The molecule has 0 spiro atoms. The van der Waals surface area contributed by atoms with Crippen LogP contribution in [0.2, 0.25) is 0 Å². The van der Waals surface area contributed by atoms with Gasteiger partial charge in [-0.25, -0.2) is 4.79 Å². The minimum atomic E-state index is -0.423. The van der Waals surface area contributed by atoms with Crippen molar-refractivity contribution in [3.05, 3.63) is 54.1 Å². The number of nitrogens with one attached hydrogen (secondary N) is 1. The molecule has 152 valence electrons. The molecular weight excluding hydrogens is 372 g/mol. The summed E-state index contributed by atoms with van der Waals surface area (Å²) in [5.74, 6) is 0.438. The molecule has 1 aliphatic heterocycles. The number of benzene rings is 2. The average Bonchev–Trinajstić information content (AvgIpc) is 3.17. The molecule has 2 amide bonds. The molecule has 0 unspecified atom stereocenters. The summed E-state index contributed by atoms with van der Waals surface area (Å²) in [6.45, 7) is 0.886. The Morgan fingerprint density at radius 3 is 2.45 bits per heavy atom. The van der Waals surface area contributed by atoms with Gasteiger partial charge in [-0.15, -0.1) is 0 Å². The molecular formula is C22H24N2O5. The summed E-state index contributed by atoms with van der Waals surface area (Å²) < 4.78 is 10.8. The van der Waals surface area contributed by atoms with Crippen molar-refractivity contribution in [2.24, 2.45) is 0 Å². The minimum Gasteiger partial charge on any atom is -0.488 e. The van der Waals surface area contributed by atoms with Crippen molar-refractivity contribution in [3.8, 4) is 5.75 Å². The lowest BCUT2D eigenvalue weighted by Crippen LogP contribution is -2.34. The standard InChI is InChI=1S/C22H24N2O5/c25-19-3-1-2-4-20(19)29-18-11-7-16(8-12-18)23-21(26)15-5-9-17(10-6-15)24-13-14-28-22(24)27/h5-12,19-20,25H,1-4,13-14H2,(H,23,26)/t19-,20+/m1/s1. The van der Waals surface area contributed by atoms with Crippen LogP contribution in [0.25, 0.3) is 0 Å². The van der Waals surface area contributed by atoms with Crippen molar-refractivity contribution in [2.75, 3.05) is 23.4 Å². The molecule has 2 aliphatic rings. The number of cyclic esters (lactones) is 1. The van der Waals surface area contributed by atoms with E-state index >= 15 is 0 Å². The number of anilines is 2. The highest BCUT2D eigenvalue weighted by atomic mass is 16.6. The second kappa shape index (κ2) is 8.53. The van der Waals surface area contributed by atoms with Gasteiger partial charge in [0, 0.05) is 16.9 Å². The van der Waals surface area contributed by atoms with Gasteiger partial charge in [-0.1, -0.05) is 6.42 Å². The molecule has 1 heterocycles. The molecule has 2 N–H and O–H groups in total. The Morgan fingerprint density at radius 2 is 1.79 bits per heavy atom. The zero-order chi connectivity index (χ0) is 20.2. The van der Waals surface area contributed by atoms with Crippen molar-refractivity contribution >= 4 is 23.4 Å². The molecule has 0 bridgehead atoms. The maximum Gasteiger partial charge on any atom is 0.414 e. The maximum atomic E-state index is 12.5. The Kier molecular flexibility index (Phi) is 5.67. The largest absolute Gasteiger partial charge is 0.488 e. The fraction of sp³-hybridized carbons (Fsp3) is 0.364. The number of aliphatic hydroxyl groups excluding tert-OH is 1. The van der Waals surface area contributed by atoms with Crippen molar-refractivity contribution in [3.63, 3.8) is 0 Å². The number of carbonyl (C=O) groups excluding carboxylic acids is 2. The molecule has 2 fully saturated rings. The summed E-state index contributed by atoms with van der Waals surface area (Å²) in [7, 11) is 0. The Balaban J connectivity index is 1.35. The van der Waals surface area contributed by atoms with Crippen LogP contribution in [-0.2, 0) is 4.74 Å². The number of ether oxygens (including phenoxy) is 2.